The van der Waals surface area contributed by atoms with Crippen molar-refractivity contribution in [1.82, 2.24) is 9.88 Å². The van der Waals surface area contributed by atoms with Gasteiger partial charge < -0.3 is 5.11 Å². The van der Waals surface area contributed by atoms with Gasteiger partial charge in [0.1, 0.15) is 5.15 Å². The minimum absolute atomic E-state index is 0.249. The molecule has 4 heteroatoms. The molecule has 2 rings (SSSR count). The Morgan fingerprint density at radius 1 is 1.60 bits per heavy atom. The highest BCUT2D eigenvalue weighted by Crippen LogP contribution is 2.20. The van der Waals surface area contributed by atoms with Crippen LogP contribution in [-0.2, 0) is 6.54 Å². The normalized spacial score (nSPS) is 22.1. The van der Waals surface area contributed by atoms with Crippen molar-refractivity contribution in [3.63, 3.8) is 0 Å². The number of halogens is 1. The van der Waals surface area contributed by atoms with Gasteiger partial charge in [0.05, 0.1) is 6.61 Å². The fourth-order valence-corrected chi connectivity index (χ4v) is 2.28. The molecule has 0 saturated carbocycles. The van der Waals surface area contributed by atoms with E-state index in [1.165, 1.54) is 6.42 Å². The van der Waals surface area contributed by atoms with Crippen LogP contribution >= 0.6 is 11.6 Å². The monoisotopic (exact) mass is 226 g/mol. The van der Waals surface area contributed by atoms with Gasteiger partial charge in [-0.15, -0.1) is 0 Å². The Hall–Kier alpha value is -0.640. The smallest absolute Gasteiger partial charge is 0.129 e. The van der Waals surface area contributed by atoms with E-state index in [1.54, 1.807) is 6.20 Å². The van der Waals surface area contributed by atoms with Crippen LogP contribution in [0.5, 0.6) is 0 Å². The molecule has 1 aliphatic heterocycles. The molecule has 3 nitrogen and oxygen atoms in total. The number of likely N-dealkylation sites (tertiary alicyclic amines) is 1. The lowest BCUT2D eigenvalue weighted by Gasteiger charge is -2.22. The van der Waals surface area contributed by atoms with Gasteiger partial charge in [-0.1, -0.05) is 11.6 Å². The summed E-state index contributed by atoms with van der Waals surface area (Å²) >= 11 is 5.82. The third-order valence-electron chi connectivity index (χ3n) is 2.89. The first-order chi connectivity index (χ1) is 7.29. The molecule has 0 radical (unpaired) electrons. The number of hydrogen-bond acceptors (Lipinski definition) is 3. The van der Waals surface area contributed by atoms with E-state index in [9.17, 15) is 5.11 Å². The summed E-state index contributed by atoms with van der Waals surface area (Å²) in [6, 6.07) is 4.17. The quantitative estimate of drug-likeness (QED) is 0.797. The molecule has 15 heavy (non-hydrogen) atoms. The predicted octanol–water partition coefficient (Wildman–Crippen LogP) is 1.69. The van der Waals surface area contributed by atoms with Crippen molar-refractivity contribution in [3.05, 3.63) is 29.0 Å². The third kappa shape index (κ3) is 2.68. The standard InChI is InChI=1S/C11H15ClN2O/c12-11-6-9(3-4-13-11)7-14-5-1-2-10(14)8-15/h3-4,6,10,15H,1-2,5,7-8H2. The Bertz CT molecular complexity index is 332. The van der Waals surface area contributed by atoms with Crippen molar-refractivity contribution >= 4 is 11.6 Å². The minimum Gasteiger partial charge on any atom is -0.395 e. The van der Waals surface area contributed by atoms with E-state index >= 15 is 0 Å². The Labute approximate surface area is 94.7 Å². The highest BCUT2D eigenvalue weighted by Gasteiger charge is 2.23. The molecule has 1 saturated heterocycles. The number of nitrogens with zero attached hydrogens (tertiary/aromatic N) is 2. The van der Waals surface area contributed by atoms with Crippen molar-refractivity contribution in [1.29, 1.82) is 0 Å². The van der Waals surface area contributed by atoms with Gasteiger partial charge >= 0.3 is 0 Å². The van der Waals surface area contributed by atoms with Gasteiger partial charge in [-0.05, 0) is 37.1 Å². The first-order valence-electron chi connectivity index (χ1n) is 5.25. The minimum atomic E-state index is 0.249. The molecular formula is C11H15ClN2O. The molecule has 0 spiro atoms. The second-order valence-electron chi connectivity index (χ2n) is 3.94. The van der Waals surface area contributed by atoms with Crippen LogP contribution < -0.4 is 0 Å². The zero-order valence-electron chi connectivity index (χ0n) is 8.56. The van der Waals surface area contributed by atoms with Gasteiger partial charge in [0.2, 0.25) is 0 Å². The molecule has 0 aromatic carbocycles. The summed E-state index contributed by atoms with van der Waals surface area (Å²) in [5, 5.41) is 9.72. The lowest BCUT2D eigenvalue weighted by Crippen LogP contribution is -2.31. The largest absolute Gasteiger partial charge is 0.395 e. The van der Waals surface area contributed by atoms with Gasteiger partial charge in [-0.25, -0.2) is 4.98 Å². The maximum atomic E-state index is 9.19. The molecule has 1 N–H and O–H groups in total. The van der Waals surface area contributed by atoms with Gasteiger partial charge in [0, 0.05) is 18.8 Å². The summed E-state index contributed by atoms with van der Waals surface area (Å²) in [6.45, 7) is 2.16. The van der Waals surface area contributed by atoms with Crippen molar-refractivity contribution in [2.24, 2.45) is 0 Å². The summed E-state index contributed by atoms with van der Waals surface area (Å²) in [5.74, 6) is 0. The average Bonchev–Trinajstić information content (AvgIpc) is 2.65. The first kappa shape index (κ1) is 10.9. The second kappa shape index (κ2) is 4.92. The van der Waals surface area contributed by atoms with Crippen LogP contribution in [0.1, 0.15) is 18.4 Å². The van der Waals surface area contributed by atoms with Crippen molar-refractivity contribution in [3.8, 4) is 0 Å². The van der Waals surface area contributed by atoms with Crippen LogP contribution in [-0.4, -0.2) is 34.2 Å². The van der Waals surface area contributed by atoms with E-state index in [0.717, 1.165) is 25.1 Å². The lowest BCUT2D eigenvalue weighted by atomic mass is 10.2. The van der Waals surface area contributed by atoms with Gasteiger partial charge in [-0.3, -0.25) is 4.90 Å². The van der Waals surface area contributed by atoms with Crippen LogP contribution in [0.25, 0.3) is 0 Å². The summed E-state index contributed by atoms with van der Waals surface area (Å²) in [4.78, 5) is 6.25. The van der Waals surface area contributed by atoms with Crippen LogP contribution in [0.3, 0.4) is 0 Å². The summed E-state index contributed by atoms with van der Waals surface area (Å²) < 4.78 is 0. The number of aliphatic hydroxyl groups is 1. The highest BCUT2D eigenvalue weighted by atomic mass is 35.5. The highest BCUT2D eigenvalue weighted by molar-refractivity contribution is 6.29. The number of aliphatic hydroxyl groups excluding tert-OH is 1. The average molecular weight is 227 g/mol. The molecule has 1 atom stereocenters. The molecule has 1 fully saturated rings. The zero-order chi connectivity index (χ0) is 10.7. The summed E-state index contributed by atoms with van der Waals surface area (Å²) in [6.07, 6.45) is 3.99. The summed E-state index contributed by atoms with van der Waals surface area (Å²) in [7, 11) is 0. The van der Waals surface area contributed by atoms with Crippen LogP contribution in [0, 0.1) is 0 Å². The van der Waals surface area contributed by atoms with E-state index in [2.05, 4.69) is 9.88 Å². The van der Waals surface area contributed by atoms with Gasteiger partial charge in [-0.2, -0.15) is 0 Å². The number of rotatable bonds is 3. The summed E-state index contributed by atoms with van der Waals surface area (Å²) in [5.41, 5.74) is 1.16. The predicted molar refractivity (Wildman–Crippen MR) is 59.8 cm³/mol. The number of pyridine rings is 1. The Morgan fingerprint density at radius 3 is 3.20 bits per heavy atom. The Morgan fingerprint density at radius 2 is 2.47 bits per heavy atom. The van der Waals surface area contributed by atoms with Gasteiger partial charge in [0.25, 0.3) is 0 Å². The van der Waals surface area contributed by atoms with E-state index in [-0.39, 0.29) is 6.61 Å². The molecular weight excluding hydrogens is 212 g/mol. The molecule has 1 aromatic heterocycles. The zero-order valence-corrected chi connectivity index (χ0v) is 9.32. The van der Waals surface area contributed by atoms with Crippen LogP contribution in [0.15, 0.2) is 18.3 Å². The van der Waals surface area contributed by atoms with E-state index < -0.39 is 0 Å². The van der Waals surface area contributed by atoms with Crippen molar-refractivity contribution in [2.45, 2.75) is 25.4 Å². The number of hydrogen-bond donors (Lipinski definition) is 1. The van der Waals surface area contributed by atoms with E-state index in [1.807, 2.05) is 12.1 Å². The lowest BCUT2D eigenvalue weighted by molar-refractivity contribution is 0.153. The molecule has 1 unspecified atom stereocenters. The topological polar surface area (TPSA) is 36.4 Å². The molecule has 1 aromatic rings. The van der Waals surface area contributed by atoms with Gasteiger partial charge in [0.15, 0.2) is 0 Å². The second-order valence-corrected chi connectivity index (χ2v) is 4.32. The molecule has 0 amide bonds. The Balaban J connectivity index is 2.02. The fourth-order valence-electron chi connectivity index (χ4n) is 2.09. The molecule has 0 bridgehead atoms. The Kier molecular flexibility index (Phi) is 3.57. The SMILES string of the molecule is OCC1CCCN1Cc1ccnc(Cl)c1. The van der Waals surface area contributed by atoms with Crippen molar-refractivity contribution in [2.75, 3.05) is 13.2 Å². The molecule has 1 aliphatic rings. The van der Waals surface area contributed by atoms with Crippen LogP contribution in [0.4, 0.5) is 0 Å². The maximum absolute atomic E-state index is 9.19. The van der Waals surface area contributed by atoms with Crippen molar-refractivity contribution < 1.29 is 5.11 Å². The number of aromatic nitrogens is 1. The van der Waals surface area contributed by atoms with E-state index in [0.29, 0.717) is 11.2 Å². The molecule has 2 heterocycles. The van der Waals surface area contributed by atoms with E-state index in [4.69, 9.17) is 11.6 Å². The van der Waals surface area contributed by atoms with Crippen LogP contribution in [0.2, 0.25) is 5.15 Å². The maximum Gasteiger partial charge on any atom is 0.129 e. The fraction of sp³-hybridized carbons (Fsp3) is 0.545. The first-order valence-corrected chi connectivity index (χ1v) is 5.63. The molecule has 82 valence electrons. The third-order valence-corrected chi connectivity index (χ3v) is 3.09. The molecule has 0 aliphatic carbocycles.